The molecule has 75 valence electrons. The quantitative estimate of drug-likeness (QED) is 0.488. The van der Waals surface area contributed by atoms with Gasteiger partial charge in [0.25, 0.3) is 0 Å². The average molecular weight is 235 g/mol. The summed E-state index contributed by atoms with van der Waals surface area (Å²) in [6.07, 6.45) is 2.20. The Kier molecular flexibility index (Phi) is 17.5. The van der Waals surface area contributed by atoms with Gasteiger partial charge in [-0.3, -0.25) is 0 Å². The fourth-order valence-corrected chi connectivity index (χ4v) is 1.76. The molecule has 0 saturated carbocycles. The van der Waals surface area contributed by atoms with E-state index < -0.39 is 7.15 Å². The first-order valence-electron chi connectivity index (χ1n) is 4.01. The van der Waals surface area contributed by atoms with Gasteiger partial charge in [-0.25, -0.2) is 0 Å². The summed E-state index contributed by atoms with van der Waals surface area (Å²) in [5.41, 5.74) is 9.81. The van der Waals surface area contributed by atoms with Crippen LogP contribution in [0, 0.1) is 0 Å². The third-order valence-corrected chi connectivity index (χ3v) is 2.73. The van der Waals surface area contributed by atoms with Crippen LogP contribution in [0.5, 0.6) is 0 Å². The van der Waals surface area contributed by atoms with Gasteiger partial charge < -0.3 is 20.5 Å². The van der Waals surface area contributed by atoms with Crippen LogP contribution in [0.1, 0.15) is 12.8 Å². The van der Waals surface area contributed by atoms with Crippen LogP contribution < -0.4 is 11.5 Å². The minimum absolute atomic E-state index is 0. The van der Waals surface area contributed by atoms with Crippen molar-refractivity contribution >= 4 is 48.5 Å². The van der Waals surface area contributed by atoms with E-state index >= 15 is 0 Å². The van der Waals surface area contributed by atoms with Gasteiger partial charge in [-0.1, -0.05) is 0 Å². The SMILES string of the molecule is NCCN.S=[PH]1OCCCCO1.[Na]. The van der Waals surface area contributed by atoms with Crippen molar-refractivity contribution in [1.82, 2.24) is 0 Å². The maximum absolute atomic E-state index is 5.10. The number of hydrogen-bond donors (Lipinski definition) is 2. The summed E-state index contributed by atoms with van der Waals surface area (Å²) in [7, 11) is -1.25. The maximum atomic E-state index is 5.10. The molecule has 1 aliphatic heterocycles. The Bertz CT molecular complexity index is 119. The molecular formula is C6H17N2NaO2PS. The summed E-state index contributed by atoms with van der Waals surface area (Å²) in [6.45, 7) is 2.80. The molecule has 1 fully saturated rings. The van der Waals surface area contributed by atoms with Crippen molar-refractivity contribution in [3.8, 4) is 0 Å². The predicted molar refractivity (Wildman–Crippen MR) is 60.7 cm³/mol. The van der Waals surface area contributed by atoms with Crippen molar-refractivity contribution < 1.29 is 9.05 Å². The first-order valence-corrected chi connectivity index (χ1v) is 6.46. The molecular weight excluding hydrogens is 218 g/mol. The maximum Gasteiger partial charge on any atom is 0.176 e. The van der Waals surface area contributed by atoms with Crippen LogP contribution in [-0.4, -0.2) is 55.9 Å². The molecule has 0 spiro atoms. The molecule has 0 amide bonds. The molecule has 0 aromatic heterocycles. The first kappa shape index (κ1) is 16.9. The molecule has 7 heteroatoms. The molecule has 0 aromatic carbocycles. The van der Waals surface area contributed by atoms with Gasteiger partial charge in [-0.05, 0) is 24.6 Å². The minimum Gasteiger partial charge on any atom is -0.331 e. The Morgan fingerprint density at radius 1 is 1.08 bits per heavy atom. The fraction of sp³-hybridized carbons (Fsp3) is 1.00. The summed E-state index contributed by atoms with van der Waals surface area (Å²) in [5, 5.41) is 0. The van der Waals surface area contributed by atoms with E-state index in [0.29, 0.717) is 13.1 Å². The molecule has 1 saturated heterocycles. The zero-order valence-corrected chi connectivity index (χ0v) is 11.9. The third kappa shape index (κ3) is 13.5. The molecule has 0 aromatic rings. The summed E-state index contributed by atoms with van der Waals surface area (Å²) in [5.74, 6) is 0. The van der Waals surface area contributed by atoms with E-state index in [9.17, 15) is 0 Å². The molecule has 1 rings (SSSR count). The van der Waals surface area contributed by atoms with Crippen LogP contribution in [0.3, 0.4) is 0 Å². The van der Waals surface area contributed by atoms with E-state index in [2.05, 4.69) is 0 Å². The molecule has 4 nitrogen and oxygen atoms in total. The zero-order valence-electron chi connectivity index (χ0n) is 8.12. The minimum atomic E-state index is -1.25. The van der Waals surface area contributed by atoms with Crippen LogP contribution in [-0.2, 0) is 20.9 Å². The van der Waals surface area contributed by atoms with Crippen molar-refractivity contribution in [3.63, 3.8) is 0 Å². The smallest absolute Gasteiger partial charge is 0.176 e. The van der Waals surface area contributed by atoms with E-state index in [4.69, 9.17) is 32.3 Å². The van der Waals surface area contributed by atoms with Crippen LogP contribution in [0.4, 0.5) is 0 Å². The standard InChI is InChI=1S/C4H9O2PS.C2H8N2.Na/c8-7-5-3-1-2-4-6-7;3-1-2-4;/h7H,1-4H2;1-4H2;. The van der Waals surface area contributed by atoms with Crippen molar-refractivity contribution in [2.45, 2.75) is 12.8 Å². The van der Waals surface area contributed by atoms with E-state index in [1.165, 1.54) is 0 Å². The predicted octanol–water partition coefficient (Wildman–Crippen LogP) is -0.158. The van der Waals surface area contributed by atoms with Crippen LogP contribution >= 0.6 is 7.15 Å². The topological polar surface area (TPSA) is 70.5 Å². The van der Waals surface area contributed by atoms with Gasteiger partial charge >= 0.3 is 0 Å². The van der Waals surface area contributed by atoms with Gasteiger partial charge in [-0.15, -0.1) is 0 Å². The Morgan fingerprint density at radius 3 is 1.77 bits per heavy atom. The van der Waals surface area contributed by atoms with E-state index in [1.54, 1.807) is 0 Å². The Labute approximate surface area is 108 Å². The van der Waals surface area contributed by atoms with Crippen LogP contribution in [0.25, 0.3) is 0 Å². The third-order valence-electron chi connectivity index (χ3n) is 1.15. The molecule has 4 N–H and O–H groups in total. The van der Waals surface area contributed by atoms with Crippen molar-refractivity contribution in [3.05, 3.63) is 0 Å². The molecule has 0 aliphatic carbocycles. The van der Waals surface area contributed by atoms with Crippen molar-refractivity contribution in [2.75, 3.05) is 26.3 Å². The second kappa shape index (κ2) is 13.5. The van der Waals surface area contributed by atoms with Crippen LogP contribution in [0.15, 0.2) is 0 Å². The monoisotopic (exact) mass is 235 g/mol. The molecule has 0 atom stereocenters. The first-order chi connectivity index (χ1) is 5.81. The summed E-state index contributed by atoms with van der Waals surface area (Å²) >= 11 is 4.83. The molecule has 1 aliphatic rings. The van der Waals surface area contributed by atoms with E-state index in [0.717, 1.165) is 26.1 Å². The van der Waals surface area contributed by atoms with Crippen LogP contribution in [0.2, 0.25) is 0 Å². The van der Waals surface area contributed by atoms with Gasteiger partial charge in [0.15, 0.2) is 7.15 Å². The molecule has 13 heavy (non-hydrogen) atoms. The summed E-state index contributed by atoms with van der Waals surface area (Å²) in [4.78, 5) is 0. The Morgan fingerprint density at radius 2 is 1.46 bits per heavy atom. The fourth-order valence-electron chi connectivity index (χ4n) is 0.557. The molecule has 1 radical (unpaired) electrons. The van der Waals surface area contributed by atoms with Gasteiger partial charge in [-0.2, -0.15) is 0 Å². The van der Waals surface area contributed by atoms with Gasteiger partial charge in [0.05, 0.1) is 13.2 Å². The van der Waals surface area contributed by atoms with Crippen molar-refractivity contribution in [2.24, 2.45) is 11.5 Å². The Balaban J connectivity index is 0. The van der Waals surface area contributed by atoms with Gasteiger partial charge in [0.2, 0.25) is 0 Å². The number of rotatable bonds is 1. The van der Waals surface area contributed by atoms with Gasteiger partial charge in [0, 0.05) is 42.6 Å². The second-order valence-electron chi connectivity index (χ2n) is 2.23. The van der Waals surface area contributed by atoms with Gasteiger partial charge in [0.1, 0.15) is 0 Å². The second-order valence-corrected chi connectivity index (χ2v) is 4.31. The largest absolute Gasteiger partial charge is 0.331 e. The summed E-state index contributed by atoms with van der Waals surface area (Å²) in [6, 6.07) is 0. The van der Waals surface area contributed by atoms with Crippen molar-refractivity contribution in [1.29, 1.82) is 0 Å². The number of hydrogen-bond acceptors (Lipinski definition) is 5. The normalized spacial score (nSPS) is 17.7. The number of nitrogens with two attached hydrogens (primary N) is 2. The molecule has 1 heterocycles. The van der Waals surface area contributed by atoms with E-state index in [1.807, 2.05) is 0 Å². The van der Waals surface area contributed by atoms with E-state index in [-0.39, 0.29) is 29.6 Å². The summed E-state index contributed by atoms with van der Waals surface area (Å²) < 4.78 is 10.2. The zero-order chi connectivity index (χ0) is 9.23. The average Bonchev–Trinajstić information content (AvgIpc) is 2.33. The molecule has 0 bridgehead atoms. The Hall–Kier alpha value is 1.49. The molecule has 0 unspecified atom stereocenters.